The minimum atomic E-state index is -0.794. The van der Waals surface area contributed by atoms with E-state index in [4.69, 9.17) is 4.74 Å². The third-order valence-corrected chi connectivity index (χ3v) is 9.06. The summed E-state index contributed by atoms with van der Waals surface area (Å²) in [7, 11) is 0. The molecule has 12 heteroatoms. The van der Waals surface area contributed by atoms with Crippen LogP contribution in [-0.2, 0) is 14.3 Å². The van der Waals surface area contributed by atoms with Crippen molar-refractivity contribution in [1.29, 1.82) is 0 Å². The smallest absolute Gasteiger partial charge is 0.411 e. The minimum Gasteiger partial charge on any atom is -0.444 e. The zero-order valence-electron chi connectivity index (χ0n) is 23.1. The van der Waals surface area contributed by atoms with Crippen molar-refractivity contribution in [2.24, 2.45) is 5.92 Å². The first-order valence-corrected chi connectivity index (χ1v) is 15.8. The van der Waals surface area contributed by atoms with E-state index in [-0.39, 0.29) is 17.5 Å². The quantitative estimate of drug-likeness (QED) is 0.296. The van der Waals surface area contributed by atoms with Gasteiger partial charge in [0.25, 0.3) is 5.69 Å². The predicted molar refractivity (Wildman–Crippen MR) is 155 cm³/mol. The van der Waals surface area contributed by atoms with Crippen LogP contribution in [-0.4, -0.2) is 68.6 Å². The number of nitro benzene ring substituents is 1. The summed E-state index contributed by atoms with van der Waals surface area (Å²) in [6.07, 6.45) is 5.58. The van der Waals surface area contributed by atoms with Crippen LogP contribution in [0, 0.1) is 16.0 Å². The van der Waals surface area contributed by atoms with Crippen LogP contribution in [0.2, 0.25) is 0 Å². The molecule has 10 nitrogen and oxygen atoms in total. The zero-order valence-corrected chi connectivity index (χ0v) is 24.8. The number of hydrogen-bond acceptors (Lipinski definition) is 8. The highest BCUT2D eigenvalue weighted by atomic mass is 32.2. The van der Waals surface area contributed by atoms with Gasteiger partial charge in [0.05, 0.1) is 16.8 Å². The van der Waals surface area contributed by atoms with E-state index in [1.54, 1.807) is 51.6 Å². The molecule has 1 aliphatic carbocycles. The van der Waals surface area contributed by atoms with Gasteiger partial charge in [-0.3, -0.25) is 24.6 Å². The van der Waals surface area contributed by atoms with E-state index < -0.39 is 34.7 Å². The number of carbonyl (C=O) groups excluding carboxylic acids is 3. The third-order valence-electron chi connectivity index (χ3n) is 6.77. The van der Waals surface area contributed by atoms with Crippen molar-refractivity contribution >= 4 is 47.1 Å². The zero-order chi connectivity index (χ0) is 28.6. The number of rotatable bonds is 10. The van der Waals surface area contributed by atoms with Crippen molar-refractivity contribution in [3.8, 4) is 0 Å². The van der Waals surface area contributed by atoms with Crippen LogP contribution in [0.25, 0.3) is 0 Å². The third kappa shape index (κ3) is 9.59. The van der Waals surface area contributed by atoms with Crippen LogP contribution in [0.5, 0.6) is 0 Å². The topological polar surface area (TPSA) is 131 Å². The van der Waals surface area contributed by atoms with E-state index in [0.29, 0.717) is 23.3 Å². The maximum absolute atomic E-state index is 13.4. The summed E-state index contributed by atoms with van der Waals surface area (Å²) < 4.78 is 5.48. The molecule has 1 aromatic rings. The van der Waals surface area contributed by atoms with Crippen molar-refractivity contribution in [1.82, 2.24) is 15.5 Å². The summed E-state index contributed by atoms with van der Waals surface area (Å²) in [6.45, 7) is 7.13. The van der Waals surface area contributed by atoms with Crippen molar-refractivity contribution in [2.75, 3.05) is 23.1 Å². The lowest BCUT2D eigenvalue weighted by Gasteiger charge is -2.29. The normalized spacial score (nSPS) is 19.7. The molecule has 3 atom stereocenters. The number of benzene rings is 1. The molecule has 1 aromatic carbocycles. The Morgan fingerprint density at radius 1 is 1.15 bits per heavy atom. The molecule has 39 heavy (non-hydrogen) atoms. The van der Waals surface area contributed by atoms with Crippen LogP contribution >= 0.6 is 23.5 Å². The molecule has 2 aliphatic rings. The molecule has 3 rings (SSSR count). The highest BCUT2D eigenvalue weighted by Crippen LogP contribution is 2.28. The Morgan fingerprint density at radius 3 is 2.44 bits per heavy atom. The summed E-state index contributed by atoms with van der Waals surface area (Å²) in [4.78, 5) is 51.3. The average molecular weight is 581 g/mol. The molecule has 0 bridgehead atoms. The lowest BCUT2D eigenvalue weighted by atomic mass is 9.91. The number of thioether (sulfide) groups is 2. The highest BCUT2D eigenvalue weighted by molar-refractivity contribution is 7.99. The van der Waals surface area contributed by atoms with Gasteiger partial charge in [-0.1, -0.05) is 31.4 Å². The molecule has 3 amide bonds. The van der Waals surface area contributed by atoms with Gasteiger partial charge < -0.3 is 15.4 Å². The Kier molecular flexibility index (Phi) is 11.3. The number of ether oxygens (including phenoxy) is 1. The lowest BCUT2D eigenvalue weighted by molar-refractivity contribution is -0.384. The molecule has 2 fully saturated rings. The van der Waals surface area contributed by atoms with Crippen LogP contribution in [0.3, 0.4) is 0 Å². The minimum absolute atomic E-state index is 0.0227. The molecular formula is C27H40N4O6S2. The fourth-order valence-corrected chi connectivity index (χ4v) is 7.01. The second-order valence-electron chi connectivity index (χ2n) is 11.1. The van der Waals surface area contributed by atoms with E-state index in [9.17, 15) is 24.5 Å². The number of carbonyl (C=O) groups is 3. The summed E-state index contributed by atoms with van der Waals surface area (Å²) >= 11 is 3.13. The van der Waals surface area contributed by atoms with E-state index in [0.717, 1.165) is 11.3 Å². The molecule has 1 saturated heterocycles. The monoisotopic (exact) mass is 580 g/mol. The van der Waals surface area contributed by atoms with Crippen molar-refractivity contribution in [3.63, 3.8) is 0 Å². The van der Waals surface area contributed by atoms with E-state index in [2.05, 4.69) is 10.6 Å². The summed E-state index contributed by atoms with van der Waals surface area (Å²) in [6, 6.07) is 4.10. The van der Waals surface area contributed by atoms with Crippen LogP contribution < -0.4 is 10.6 Å². The highest BCUT2D eigenvalue weighted by Gasteiger charge is 2.38. The van der Waals surface area contributed by atoms with Crippen LogP contribution in [0.4, 0.5) is 10.5 Å². The lowest BCUT2D eigenvalue weighted by Crippen LogP contribution is -2.55. The van der Waals surface area contributed by atoms with Crippen LogP contribution in [0.1, 0.15) is 71.4 Å². The van der Waals surface area contributed by atoms with Gasteiger partial charge in [-0.15, -0.1) is 11.8 Å². The number of amides is 3. The summed E-state index contributed by atoms with van der Waals surface area (Å²) in [5.41, 5.74) is 0.0139. The fraction of sp³-hybridized carbons (Fsp3) is 0.667. The second-order valence-corrected chi connectivity index (χ2v) is 13.2. The van der Waals surface area contributed by atoms with Gasteiger partial charge in [0.2, 0.25) is 11.8 Å². The molecule has 2 N–H and O–H groups in total. The maximum atomic E-state index is 13.4. The molecule has 0 aromatic heterocycles. The molecule has 0 spiro atoms. The first-order valence-electron chi connectivity index (χ1n) is 13.4. The molecule has 0 radical (unpaired) electrons. The Hall–Kier alpha value is -2.47. The SMILES string of the molecule is CC(NC(=O)C(CSCC1CCCCC1)NC(=O)C1CSCN1C(=O)OC(C)(C)C)c1ccc([N+](=O)[O-])cc1. The number of nitrogens with one attached hydrogen (secondary N) is 2. The van der Waals surface area contributed by atoms with Gasteiger partial charge in [0.15, 0.2) is 0 Å². The Bertz CT molecular complexity index is 1010. The number of nitro groups is 1. The number of non-ortho nitro benzene ring substituents is 1. The van der Waals surface area contributed by atoms with Gasteiger partial charge in [-0.05, 0) is 57.8 Å². The Labute approximate surface area is 238 Å². The molecule has 3 unspecified atom stereocenters. The van der Waals surface area contributed by atoms with E-state index in [1.807, 2.05) is 0 Å². The Balaban J connectivity index is 1.66. The second kappa shape index (κ2) is 14.2. The van der Waals surface area contributed by atoms with Gasteiger partial charge in [0.1, 0.15) is 17.7 Å². The summed E-state index contributed by atoms with van der Waals surface area (Å²) in [5.74, 6) is 2.02. The molecule has 1 heterocycles. The van der Waals surface area contributed by atoms with E-state index in [1.165, 1.54) is 60.9 Å². The Morgan fingerprint density at radius 2 is 1.82 bits per heavy atom. The molecule has 216 valence electrons. The maximum Gasteiger partial charge on any atom is 0.411 e. The molecular weight excluding hydrogens is 540 g/mol. The van der Waals surface area contributed by atoms with Crippen molar-refractivity contribution < 1.29 is 24.0 Å². The fourth-order valence-electron chi connectivity index (χ4n) is 4.60. The largest absolute Gasteiger partial charge is 0.444 e. The standard InChI is InChI=1S/C27H40N4O6S2/c1-18(20-10-12-21(13-11-20)31(35)36)28-24(32)22(15-38-14-19-8-6-5-7-9-19)29-25(33)23-16-39-17-30(23)26(34)37-27(2,3)4/h10-13,18-19,22-23H,5-9,14-17H2,1-4H3,(H,28,32)(H,29,33). The van der Waals surface area contributed by atoms with Crippen molar-refractivity contribution in [2.45, 2.75) is 83.5 Å². The van der Waals surface area contributed by atoms with Gasteiger partial charge in [-0.2, -0.15) is 11.8 Å². The first-order chi connectivity index (χ1) is 18.4. The number of hydrogen-bond donors (Lipinski definition) is 2. The van der Waals surface area contributed by atoms with Crippen molar-refractivity contribution in [3.05, 3.63) is 39.9 Å². The first kappa shape index (κ1) is 31.1. The molecule has 1 aliphatic heterocycles. The number of nitrogens with zero attached hydrogens (tertiary/aromatic N) is 2. The van der Waals surface area contributed by atoms with Gasteiger partial charge >= 0.3 is 6.09 Å². The van der Waals surface area contributed by atoms with Gasteiger partial charge in [-0.25, -0.2) is 4.79 Å². The average Bonchev–Trinajstić information content (AvgIpc) is 3.38. The summed E-state index contributed by atoms with van der Waals surface area (Å²) in [5, 5.41) is 16.8. The van der Waals surface area contributed by atoms with Crippen LogP contribution in [0.15, 0.2) is 24.3 Å². The van der Waals surface area contributed by atoms with Gasteiger partial charge in [0, 0.05) is 23.6 Å². The van der Waals surface area contributed by atoms with E-state index >= 15 is 0 Å². The predicted octanol–water partition coefficient (Wildman–Crippen LogP) is 4.88. The molecule has 1 saturated carbocycles.